The van der Waals surface area contributed by atoms with Crippen LogP contribution in [-0.4, -0.2) is 29.7 Å². The van der Waals surface area contributed by atoms with E-state index in [0.29, 0.717) is 10.8 Å². The fourth-order valence-corrected chi connectivity index (χ4v) is 3.56. The van der Waals surface area contributed by atoms with Crippen LogP contribution < -0.4 is 10.6 Å². The van der Waals surface area contributed by atoms with Crippen molar-refractivity contribution in [2.75, 3.05) is 30.4 Å². The largest absolute Gasteiger partial charge is 0.379 e. The lowest BCUT2D eigenvalue weighted by Crippen LogP contribution is -2.49. The predicted molar refractivity (Wildman–Crippen MR) is 80.6 cm³/mol. The van der Waals surface area contributed by atoms with Crippen molar-refractivity contribution in [1.29, 1.82) is 0 Å². The lowest BCUT2D eigenvalue weighted by Gasteiger charge is -2.38. The van der Waals surface area contributed by atoms with E-state index in [4.69, 9.17) is 22.1 Å². The van der Waals surface area contributed by atoms with Crippen molar-refractivity contribution in [3.63, 3.8) is 0 Å². The minimum atomic E-state index is 0.0392. The molecule has 1 fully saturated rings. The van der Waals surface area contributed by atoms with Gasteiger partial charge in [-0.1, -0.05) is 22.0 Å². The molecule has 1 saturated heterocycles. The highest BCUT2D eigenvalue weighted by molar-refractivity contribution is 9.10. The van der Waals surface area contributed by atoms with Crippen LogP contribution in [0.25, 0.3) is 0 Å². The van der Waals surface area contributed by atoms with Crippen LogP contribution in [0.3, 0.4) is 0 Å². The van der Waals surface area contributed by atoms with E-state index in [9.17, 15) is 0 Å². The highest BCUT2D eigenvalue weighted by Gasteiger charge is 2.49. The molecule has 1 aromatic carbocycles. The molecule has 1 aromatic heterocycles. The molecular formula is C14H13BrClN4O+. The third-order valence-corrected chi connectivity index (χ3v) is 4.83. The van der Waals surface area contributed by atoms with Gasteiger partial charge in [0.05, 0.1) is 18.6 Å². The summed E-state index contributed by atoms with van der Waals surface area (Å²) in [6.45, 7) is 2.26. The fourth-order valence-electron chi connectivity index (χ4n) is 3.00. The van der Waals surface area contributed by atoms with Crippen molar-refractivity contribution < 1.29 is 16.3 Å². The maximum absolute atomic E-state index is 5.73. The van der Waals surface area contributed by atoms with Gasteiger partial charge in [0.15, 0.2) is 11.6 Å². The van der Waals surface area contributed by atoms with Crippen LogP contribution in [0.1, 0.15) is 5.56 Å². The summed E-state index contributed by atoms with van der Waals surface area (Å²) in [7, 11) is 0. The zero-order valence-electron chi connectivity index (χ0n) is 11.0. The third kappa shape index (κ3) is 1.93. The topological polar surface area (TPSA) is 64.3 Å². The Hall–Kier alpha value is -1.37. The van der Waals surface area contributed by atoms with Gasteiger partial charge >= 0.3 is 0 Å². The van der Waals surface area contributed by atoms with Crippen LogP contribution in [0.5, 0.6) is 0 Å². The van der Waals surface area contributed by atoms with Crippen LogP contribution in [0.4, 0.5) is 17.5 Å². The first-order valence-corrected chi connectivity index (χ1v) is 7.74. The minimum absolute atomic E-state index is 0.0392. The molecule has 5 nitrogen and oxygen atoms in total. The molecule has 1 spiro atoms. The van der Waals surface area contributed by atoms with Gasteiger partial charge in [0.25, 0.3) is 5.02 Å². The van der Waals surface area contributed by atoms with Crippen molar-refractivity contribution in [3.05, 3.63) is 39.5 Å². The number of nitrogen functional groups attached to an aromatic ring is 1. The molecule has 0 radical (unpaired) electrons. The first-order valence-electron chi connectivity index (χ1n) is 6.54. The maximum atomic E-state index is 5.73. The lowest BCUT2D eigenvalue weighted by molar-refractivity contribution is -0.288. The third-order valence-electron chi connectivity index (χ3n) is 4.05. The second-order valence-corrected chi connectivity index (χ2v) is 6.79. The highest BCUT2D eigenvalue weighted by atomic mass is 79.9. The Morgan fingerprint density at radius 3 is 2.90 bits per heavy atom. The van der Waals surface area contributed by atoms with E-state index in [-0.39, 0.29) is 11.4 Å². The van der Waals surface area contributed by atoms with Crippen LogP contribution in [0, 0.1) is 11.6 Å². The van der Waals surface area contributed by atoms with Crippen LogP contribution >= 0.6 is 15.9 Å². The molecule has 2 N–H and O–H groups in total. The number of nitrogens with zero attached hydrogens (tertiary/aromatic N) is 3. The van der Waals surface area contributed by atoms with E-state index >= 15 is 0 Å². The number of aromatic nitrogens is 2. The van der Waals surface area contributed by atoms with Gasteiger partial charge in [-0.3, -0.25) is 0 Å². The summed E-state index contributed by atoms with van der Waals surface area (Å²) in [5.41, 5.74) is 8.16. The molecule has 0 aliphatic carbocycles. The number of halogens is 2. The van der Waals surface area contributed by atoms with Gasteiger partial charge in [-0.05, 0) is 17.7 Å². The van der Waals surface area contributed by atoms with Crippen LogP contribution in [0.2, 0.25) is 5.02 Å². The Bertz CT molecular complexity index is 735. The molecular weight excluding hydrogens is 356 g/mol. The van der Waals surface area contributed by atoms with Crippen molar-refractivity contribution in [2.24, 2.45) is 0 Å². The molecule has 21 heavy (non-hydrogen) atoms. The molecule has 2 aromatic rings. The van der Waals surface area contributed by atoms with Crippen molar-refractivity contribution in [2.45, 2.75) is 5.41 Å². The summed E-state index contributed by atoms with van der Waals surface area (Å²) in [6.07, 6.45) is 1.59. The second-order valence-electron chi connectivity index (χ2n) is 5.44. The Morgan fingerprint density at radius 1 is 1.38 bits per heavy atom. The number of hydrogen-bond donors (Lipinski definition) is 1. The number of anilines is 3. The Kier molecular flexibility index (Phi) is 2.89. The van der Waals surface area contributed by atoms with E-state index in [1.807, 2.05) is 0 Å². The number of hydrogen-bond acceptors (Lipinski definition) is 5. The van der Waals surface area contributed by atoms with Gasteiger partial charge in [0, 0.05) is 16.7 Å². The average Bonchev–Trinajstić information content (AvgIpc) is 2.76. The molecule has 3 heterocycles. The number of ether oxygens (including phenoxy) is 1. The highest BCUT2D eigenvalue weighted by Crippen LogP contribution is 2.49. The van der Waals surface area contributed by atoms with Crippen LogP contribution in [0.15, 0.2) is 28.9 Å². The molecule has 0 amide bonds. The summed E-state index contributed by atoms with van der Waals surface area (Å²) < 4.78 is 6.49. The number of nitrogens with two attached hydrogens (primary N) is 1. The second kappa shape index (κ2) is 4.56. The van der Waals surface area contributed by atoms with Gasteiger partial charge in [-0.15, -0.1) is 0 Å². The average molecular weight is 369 g/mol. The number of fused-ring (bicyclic) bond motifs is 2. The molecule has 0 saturated carbocycles. The van der Waals surface area contributed by atoms with E-state index < -0.39 is 0 Å². The van der Waals surface area contributed by atoms with E-state index in [0.717, 1.165) is 29.9 Å². The monoisotopic (exact) mass is 367 g/mol. The normalized spacial score (nSPS) is 18.7. The molecule has 2 aliphatic rings. The summed E-state index contributed by atoms with van der Waals surface area (Å²) in [4.78, 5) is 10.4. The summed E-state index contributed by atoms with van der Waals surface area (Å²) in [5, 5.41) is 0.604. The zero-order chi connectivity index (χ0) is 14.6. The van der Waals surface area contributed by atoms with Gasteiger partial charge < -0.3 is 15.4 Å². The van der Waals surface area contributed by atoms with Crippen molar-refractivity contribution >= 4 is 33.4 Å². The first kappa shape index (κ1) is 13.3. The summed E-state index contributed by atoms with van der Waals surface area (Å²) >= 11 is 8.91. The molecule has 2 aliphatic heterocycles. The molecule has 108 valence electrons. The van der Waals surface area contributed by atoms with Gasteiger partial charge in [-0.25, -0.2) is 4.98 Å². The van der Waals surface area contributed by atoms with Gasteiger partial charge in [0.2, 0.25) is 11.8 Å². The van der Waals surface area contributed by atoms with Gasteiger partial charge in [0.1, 0.15) is 6.20 Å². The van der Waals surface area contributed by atoms with Crippen molar-refractivity contribution in [1.82, 2.24) is 9.97 Å². The number of benzene rings is 1. The van der Waals surface area contributed by atoms with Gasteiger partial charge in [-0.2, -0.15) is 4.98 Å². The molecule has 0 bridgehead atoms. The summed E-state index contributed by atoms with van der Waals surface area (Å²) in [5.74, 6) is 0.932. The zero-order valence-corrected chi connectivity index (χ0v) is 13.4. The Balaban J connectivity index is 1.88. The van der Waals surface area contributed by atoms with E-state index in [1.54, 1.807) is 6.20 Å². The first-order chi connectivity index (χ1) is 10.1. The quantitative estimate of drug-likeness (QED) is 0.833. The maximum Gasteiger partial charge on any atom is 0.286 e. The number of rotatable bonds is 1. The molecule has 0 atom stereocenters. The Morgan fingerprint density at radius 2 is 2.19 bits per heavy atom. The van der Waals surface area contributed by atoms with Crippen LogP contribution in [-0.2, 0) is 10.2 Å². The minimum Gasteiger partial charge on any atom is -0.379 e. The SMILES string of the molecule is Nc1ncc([ClH+])c(N2CC3(COC3)c3ccc(Br)cc32)n1. The standard InChI is InChI=1S/C14H13BrClN4O/c15-8-1-2-9-11(3-8)20(5-14(9)6-21-7-14)12-10(16)4-18-13(17)19-12/h1-4,16H,5-7H2,(H2,17,18,19)/q+1. The van der Waals surface area contributed by atoms with E-state index in [2.05, 4.69) is 49.0 Å². The lowest BCUT2D eigenvalue weighted by atomic mass is 9.81. The molecule has 4 rings (SSSR count). The van der Waals surface area contributed by atoms with Crippen molar-refractivity contribution in [3.8, 4) is 0 Å². The van der Waals surface area contributed by atoms with E-state index in [1.165, 1.54) is 5.56 Å². The fraction of sp³-hybridized carbons (Fsp3) is 0.286. The Labute approximate surface area is 135 Å². The smallest absolute Gasteiger partial charge is 0.286 e. The molecule has 0 unspecified atom stereocenters. The summed E-state index contributed by atoms with van der Waals surface area (Å²) in [6, 6.07) is 6.30. The molecule has 7 heteroatoms. The predicted octanol–water partition coefficient (Wildman–Crippen LogP) is 1.94.